The lowest BCUT2D eigenvalue weighted by Gasteiger charge is -2.28. The lowest BCUT2D eigenvalue weighted by Crippen LogP contribution is -2.30. The van der Waals surface area contributed by atoms with Gasteiger partial charge in [-0.2, -0.15) is 0 Å². The quantitative estimate of drug-likeness (QED) is 0.569. The van der Waals surface area contributed by atoms with E-state index in [4.69, 9.17) is 4.74 Å². The lowest BCUT2D eigenvalue weighted by molar-refractivity contribution is 0.141. The third-order valence-corrected chi connectivity index (χ3v) is 6.68. The highest BCUT2D eigenvalue weighted by atomic mass is 16.6. The van der Waals surface area contributed by atoms with Gasteiger partial charge in [-0.05, 0) is 54.3 Å². The molecule has 4 fully saturated rings. The number of rotatable bonds is 0. The summed E-state index contributed by atoms with van der Waals surface area (Å²) in [6.07, 6.45) is 5.72. The van der Waals surface area contributed by atoms with E-state index in [0.29, 0.717) is 11.0 Å². The SMILES string of the molecule is C[C@@H]1CC[C@@H]2[C@@H]1[C@H]1[C@@H](CC[C@@]23CO3)C1(C)C. The summed E-state index contributed by atoms with van der Waals surface area (Å²) in [4.78, 5) is 0. The van der Waals surface area contributed by atoms with Crippen molar-refractivity contribution in [1.82, 2.24) is 0 Å². The molecule has 3 aliphatic carbocycles. The van der Waals surface area contributed by atoms with Crippen molar-refractivity contribution in [3.8, 4) is 0 Å². The van der Waals surface area contributed by atoms with Crippen LogP contribution in [0.25, 0.3) is 0 Å². The zero-order chi connectivity index (χ0) is 11.1. The molecule has 1 spiro atoms. The minimum Gasteiger partial charge on any atom is -0.369 e. The summed E-state index contributed by atoms with van der Waals surface area (Å²) in [5.41, 5.74) is 1.02. The van der Waals surface area contributed by atoms with Gasteiger partial charge in [0.15, 0.2) is 0 Å². The maximum absolute atomic E-state index is 5.92. The summed E-state index contributed by atoms with van der Waals surface area (Å²) < 4.78 is 5.92. The van der Waals surface area contributed by atoms with Crippen LogP contribution < -0.4 is 0 Å². The Hall–Kier alpha value is -0.0400. The first-order valence-corrected chi connectivity index (χ1v) is 7.20. The molecule has 1 heterocycles. The number of ether oxygens (including phenoxy) is 1. The molecule has 0 aromatic rings. The van der Waals surface area contributed by atoms with E-state index in [1.54, 1.807) is 0 Å². The maximum atomic E-state index is 5.92. The second-order valence-electron chi connectivity index (χ2n) is 7.58. The Balaban J connectivity index is 1.71. The highest BCUT2D eigenvalue weighted by molar-refractivity contribution is 5.18. The third-order valence-electron chi connectivity index (χ3n) is 6.68. The molecule has 1 saturated heterocycles. The molecule has 1 aliphatic heterocycles. The van der Waals surface area contributed by atoms with Crippen LogP contribution in [0.1, 0.15) is 46.5 Å². The molecule has 6 atom stereocenters. The minimum atomic E-state index is 0.374. The van der Waals surface area contributed by atoms with Gasteiger partial charge in [-0.3, -0.25) is 0 Å². The van der Waals surface area contributed by atoms with Gasteiger partial charge in [0.1, 0.15) is 0 Å². The van der Waals surface area contributed by atoms with Crippen LogP contribution in [0.4, 0.5) is 0 Å². The van der Waals surface area contributed by atoms with Gasteiger partial charge in [-0.15, -0.1) is 0 Å². The summed E-state index contributed by atoms with van der Waals surface area (Å²) in [6, 6.07) is 0. The van der Waals surface area contributed by atoms with Gasteiger partial charge in [-0.1, -0.05) is 27.2 Å². The molecule has 0 bridgehead atoms. The largest absolute Gasteiger partial charge is 0.369 e. The van der Waals surface area contributed by atoms with Crippen molar-refractivity contribution in [1.29, 1.82) is 0 Å². The molecule has 0 aromatic heterocycles. The maximum Gasteiger partial charge on any atom is 0.0947 e. The van der Waals surface area contributed by atoms with Crippen LogP contribution in [0.3, 0.4) is 0 Å². The zero-order valence-electron chi connectivity index (χ0n) is 10.8. The number of hydrogen-bond acceptors (Lipinski definition) is 1. The minimum absolute atomic E-state index is 0.374. The Morgan fingerprint density at radius 1 is 1.06 bits per heavy atom. The van der Waals surface area contributed by atoms with Crippen LogP contribution >= 0.6 is 0 Å². The van der Waals surface area contributed by atoms with Crippen molar-refractivity contribution in [2.75, 3.05) is 6.61 Å². The summed E-state index contributed by atoms with van der Waals surface area (Å²) in [5.74, 6) is 4.91. The Bertz CT molecular complexity index is 328. The molecular weight excluding hydrogens is 196 g/mol. The Morgan fingerprint density at radius 2 is 1.81 bits per heavy atom. The first-order valence-electron chi connectivity index (χ1n) is 7.20. The third kappa shape index (κ3) is 1.02. The predicted molar refractivity (Wildman–Crippen MR) is 64.1 cm³/mol. The monoisotopic (exact) mass is 220 g/mol. The molecule has 16 heavy (non-hydrogen) atoms. The second-order valence-corrected chi connectivity index (χ2v) is 7.58. The Morgan fingerprint density at radius 3 is 2.50 bits per heavy atom. The lowest BCUT2D eigenvalue weighted by atomic mass is 9.76. The molecule has 4 aliphatic rings. The molecule has 0 aromatic carbocycles. The molecular formula is C15H24O. The van der Waals surface area contributed by atoms with Crippen molar-refractivity contribution in [3.63, 3.8) is 0 Å². The van der Waals surface area contributed by atoms with E-state index < -0.39 is 0 Å². The second kappa shape index (κ2) is 2.68. The fraction of sp³-hybridized carbons (Fsp3) is 1.00. The van der Waals surface area contributed by atoms with Crippen LogP contribution in [0.2, 0.25) is 0 Å². The van der Waals surface area contributed by atoms with Crippen molar-refractivity contribution in [3.05, 3.63) is 0 Å². The van der Waals surface area contributed by atoms with Gasteiger partial charge in [0, 0.05) is 0 Å². The van der Waals surface area contributed by atoms with Crippen molar-refractivity contribution in [2.24, 2.45) is 35.0 Å². The average Bonchev–Trinajstić information content (AvgIpc) is 3.07. The van der Waals surface area contributed by atoms with E-state index >= 15 is 0 Å². The Kier molecular flexibility index (Phi) is 1.67. The van der Waals surface area contributed by atoms with E-state index in [0.717, 1.165) is 36.2 Å². The average molecular weight is 220 g/mol. The van der Waals surface area contributed by atoms with Crippen molar-refractivity contribution >= 4 is 0 Å². The predicted octanol–water partition coefficient (Wildman–Crippen LogP) is 3.48. The fourth-order valence-corrected chi connectivity index (χ4v) is 5.58. The van der Waals surface area contributed by atoms with E-state index in [-0.39, 0.29) is 0 Å². The van der Waals surface area contributed by atoms with Crippen LogP contribution in [-0.2, 0) is 4.74 Å². The standard InChI is InChI=1S/C15H24O/c1-9-4-5-10-12(9)13-11(14(13,2)3)6-7-15(10)8-16-15/h9-13H,4-8H2,1-3H3/t9-,10-,11-,12-,13-,15-/m1/s1. The summed E-state index contributed by atoms with van der Waals surface area (Å²) in [7, 11) is 0. The van der Waals surface area contributed by atoms with Crippen molar-refractivity contribution < 1.29 is 4.74 Å². The molecule has 1 nitrogen and oxygen atoms in total. The van der Waals surface area contributed by atoms with Crippen LogP contribution in [0, 0.1) is 35.0 Å². The van der Waals surface area contributed by atoms with Gasteiger partial charge in [0.2, 0.25) is 0 Å². The van der Waals surface area contributed by atoms with Gasteiger partial charge in [-0.25, -0.2) is 0 Å². The smallest absolute Gasteiger partial charge is 0.0947 e. The number of epoxide rings is 1. The molecule has 0 radical (unpaired) electrons. The number of hydrogen-bond donors (Lipinski definition) is 0. The van der Waals surface area contributed by atoms with Crippen molar-refractivity contribution in [2.45, 2.75) is 52.1 Å². The van der Waals surface area contributed by atoms with Crippen LogP contribution in [0.5, 0.6) is 0 Å². The van der Waals surface area contributed by atoms with E-state index in [1.165, 1.54) is 25.7 Å². The molecule has 0 N–H and O–H groups in total. The fourth-order valence-electron chi connectivity index (χ4n) is 5.58. The van der Waals surface area contributed by atoms with Gasteiger partial charge < -0.3 is 4.74 Å². The highest BCUT2D eigenvalue weighted by Gasteiger charge is 2.70. The van der Waals surface area contributed by atoms with Gasteiger partial charge in [0.05, 0.1) is 12.2 Å². The molecule has 3 saturated carbocycles. The molecule has 0 amide bonds. The van der Waals surface area contributed by atoms with Crippen LogP contribution in [-0.4, -0.2) is 12.2 Å². The van der Waals surface area contributed by atoms with E-state index in [9.17, 15) is 0 Å². The topological polar surface area (TPSA) is 12.5 Å². The van der Waals surface area contributed by atoms with Gasteiger partial charge >= 0.3 is 0 Å². The molecule has 1 heteroatoms. The highest BCUT2D eigenvalue weighted by Crippen LogP contribution is 2.72. The molecule has 0 unspecified atom stereocenters. The first-order chi connectivity index (χ1) is 7.56. The molecule has 4 rings (SSSR count). The first kappa shape index (κ1) is 9.94. The molecule has 90 valence electrons. The summed E-state index contributed by atoms with van der Waals surface area (Å²) in [5, 5.41) is 0. The summed E-state index contributed by atoms with van der Waals surface area (Å²) >= 11 is 0. The van der Waals surface area contributed by atoms with Gasteiger partial charge in [0.25, 0.3) is 0 Å². The summed E-state index contributed by atoms with van der Waals surface area (Å²) in [6.45, 7) is 8.60. The normalized spacial score (nSPS) is 61.3. The number of fused-ring (bicyclic) bond motifs is 4. The zero-order valence-corrected chi connectivity index (χ0v) is 10.8. The van der Waals surface area contributed by atoms with E-state index in [1.807, 2.05) is 0 Å². The Labute approximate surface area is 98.9 Å². The van der Waals surface area contributed by atoms with Crippen LogP contribution in [0.15, 0.2) is 0 Å². The van der Waals surface area contributed by atoms with E-state index in [2.05, 4.69) is 20.8 Å².